The Hall–Kier alpha value is -0.870. The third kappa shape index (κ3) is 5.57. The molecule has 0 spiro atoms. The van der Waals surface area contributed by atoms with E-state index in [9.17, 15) is 4.79 Å². The van der Waals surface area contributed by atoms with E-state index in [1.54, 1.807) is 6.92 Å². The van der Waals surface area contributed by atoms with Crippen LogP contribution in [0.25, 0.3) is 0 Å². The number of aliphatic hydroxyl groups excluding tert-OH is 2. The molecule has 0 aliphatic heterocycles. The predicted molar refractivity (Wildman–Crippen MR) is 38.9 cm³/mol. The number of rotatable bonds is 4. The molecule has 0 fully saturated rings. The van der Waals surface area contributed by atoms with Crippen LogP contribution in [0.15, 0.2) is 12.2 Å². The fourth-order valence-electron chi connectivity index (χ4n) is 0.415. The minimum Gasteiger partial charge on any atom is -0.460 e. The average molecular weight is 160 g/mol. The van der Waals surface area contributed by atoms with Crippen molar-refractivity contribution in [3.63, 3.8) is 0 Å². The lowest BCUT2D eigenvalue weighted by Gasteiger charge is -2.05. The first-order chi connectivity index (χ1) is 5.20. The SMILES string of the molecule is C/C=C/C(=O)OC[C@@H](O)CO. The van der Waals surface area contributed by atoms with Gasteiger partial charge in [-0.2, -0.15) is 0 Å². The highest BCUT2D eigenvalue weighted by molar-refractivity contribution is 5.81. The smallest absolute Gasteiger partial charge is 0.330 e. The molecule has 0 amide bonds. The summed E-state index contributed by atoms with van der Waals surface area (Å²) in [5.41, 5.74) is 0. The lowest BCUT2D eigenvalue weighted by molar-refractivity contribution is -0.141. The Morgan fingerprint density at radius 2 is 2.36 bits per heavy atom. The Labute approximate surface area is 65.1 Å². The van der Waals surface area contributed by atoms with Gasteiger partial charge < -0.3 is 14.9 Å². The Kier molecular flexibility index (Phi) is 5.42. The zero-order chi connectivity index (χ0) is 8.69. The lowest BCUT2D eigenvalue weighted by atomic mass is 10.4. The highest BCUT2D eigenvalue weighted by atomic mass is 16.5. The van der Waals surface area contributed by atoms with E-state index in [1.165, 1.54) is 12.2 Å². The number of carbonyl (C=O) groups excluding carboxylic acids is 1. The van der Waals surface area contributed by atoms with E-state index >= 15 is 0 Å². The van der Waals surface area contributed by atoms with Gasteiger partial charge in [0.25, 0.3) is 0 Å². The molecule has 0 aromatic carbocycles. The number of hydrogen-bond donors (Lipinski definition) is 2. The molecular weight excluding hydrogens is 148 g/mol. The molecule has 2 N–H and O–H groups in total. The second-order valence-corrected chi connectivity index (χ2v) is 1.97. The number of esters is 1. The van der Waals surface area contributed by atoms with Gasteiger partial charge in [-0.05, 0) is 6.92 Å². The van der Waals surface area contributed by atoms with Crippen LogP contribution in [0.3, 0.4) is 0 Å². The van der Waals surface area contributed by atoms with E-state index < -0.39 is 18.7 Å². The largest absolute Gasteiger partial charge is 0.460 e. The molecule has 0 bridgehead atoms. The number of carbonyl (C=O) groups is 1. The number of aliphatic hydroxyl groups is 2. The van der Waals surface area contributed by atoms with E-state index in [4.69, 9.17) is 10.2 Å². The van der Waals surface area contributed by atoms with Gasteiger partial charge >= 0.3 is 5.97 Å². The summed E-state index contributed by atoms with van der Waals surface area (Å²) in [7, 11) is 0. The minimum atomic E-state index is -0.982. The van der Waals surface area contributed by atoms with Gasteiger partial charge in [-0.3, -0.25) is 0 Å². The zero-order valence-electron chi connectivity index (χ0n) is 6.36. The van der Waals surface area contributed by atoms with Crippen LogP contribution in [0.2, 0.25) is 0 Å². The van der Waals surface area contributed by atoms with Crippen LogP contribution in [0.1, 0.15) is 6.92 Å². The molecule has 0 heterocycles. The third-order valence-electron chi connectivity index (χ3n) is 0.931. The van der Waals surface area contributed by atoms with Crippen molar-refractivity contribution in [2.75, 3.05) is 13.2 Å². The fourth-order valence-corrected chi connectivity index (χ4v) is 0.415. The second-order valence-electron chi connectivity index (χ2n) is 1.97. The van der Waals surface area contributed by atoms with E-state index in [1.807, 2.05) is 0 Å². The van der Waals surface area contributed by atoms with E-state index in [-0.39, 0.29) is 6.61 Å². The first-order valence-electron chi connectivity index (χ1n) is 3.29. The molecule has 1 atom stereocenters. The first kappa shape index (κ1) is 10.1. The van der Waals surface area contributed by atoms with Gasteiger partial charge in [-0.15, -0.1) is 0 Å². The molecule has 0 aliphatic carbocycles. The van der Waals surface area contributed by atoms with Gasteiger partial charge in [0.1, 0.15) is 12.7 Å². The molecule has 4 nitrogen and oxygen atoms in total. The van der Waals surface area contributed by atoms with Crippen LogP contribution in [0, 0.1) is 0 Å². The topological polar surface area (TPSA) is 66.8 Å². The summed E-state index contributed by atoms with van der Waals surface area (Å²) in [5, 5.41) is 17.0. The highest BCUT2D eigenvalue weighted by Crippen LogP contribution is 1.86. The fraction of sp³-hybridized carbons (Fsp3) is 0.571. The van der Waals surface area contributed by atoms with Crippen molar-refractivity contribution in [3.05, 3.63) is 12.2 Å². The summed E-state index contributed by atoms with van der Waals surface area (Å²) in [4.78, 5) is 10.6. The van der Waals surface area contributed by atoms with Gasteiger partial charge in [0, 0.05) is 6.08 Å². The predicted octanol–water partition coefficient (Wildman–Crippen LogP) is -0.541. The van der Waals surface area contributed by atoms with Crippen LogP contribution < -0.4 is 0 Å². The lowest BCUT2D eigenvalue weighted by Crippen LogP contribution is -2.21. The maximum atomic E-state index is 10.6. The number of hydrogen-bond acceptors (Lipinski definition) is 4. The van der Waals surface area contributed by atoms with Gasteiger partial charge in [0.2, 0.25) is 0 Å². The highest BCUT2D eigenvalue weighted by Gasteiger charge is 2.03. The molecular formula is C7H12O4. The van der Waals surface area contributed by atoms with Crippen molar-refractivity contribution in [2.24, 2.45) is 0 Å². The molecule has 4 heteroatoms. The Balaban J connectivity index is 3.45. The van der Waals surface area contributed by atoms with Gasteiger partial charge in [0.05, 0.1) is 6.61 Å². The van der Waals surface area contributed by atoms with Crippen molar-refractivity contribution >= 4 is 5.97 Å². The maximum absolute atomic E-state index is 10.6. The molecule has 0 unspecified atom stereocenters. The minimum absolute atomic E-state index is 0.167. The first-order valence-corrected chi connectivity index (χ1v) is 3.29. The van der Waals surface area contributed by atoms with Crippen LogP contribution in [0.5, 0.6) is 0 Å². The molecule has 0 saturated carbocycles. The monoisotopic (exact) mass is 160 g/mol. The molecule has 11 heavy (non-hydrogen) atoms. The molecule has 0 aromatic rings. The van der Waals surface area contributed by atoms with Gasteiger partial charge in [-0.25, -0.2) is 4.79 Å². The molecule has 0 radical (unpaired) electrons. The van der Waals surface area contributed by atoms with E-state index in [0.717, 1.165) is 0 Å². The summed E-state index contributed by atoms with van der Waals surface area (Å²) in [6.07, 6.45) is 1.79. The number of allylic oxidation sites excluding steroid dienone is 1. The second kappa shape index (κ2) is 5.88. The molecule has 0 rings (SSSR count). The van der Waals surface area contributed by atoms with E-state index in [2.05, 4.69) is 4.74 Å². The molecule has 64 valence electrons. The summed E-state index contributed by atoms with van der Waals surface area (Å²) in [6, 6.07) is 0. The standard InChI is InChI=1S/C7H12O4/c1-2-3-7(10)11-5-6(9)4-8/h2-3,6,8-9H,4-5H2,1H3/b3-2+/t6-/m0/s1. The maximum Gasteiger partial charge on any atom is 0.330 e. The normalized spacial score (nSPS) is 13.4. The average Bonchev–Trinajstić information content (AvgIpc) is 2.01. The third-order valence-corrected chi connectivity index (χ3v) is 0.931. The summed E-state index contributed by atoms with van der Waals surface area (Å²) in [6.45, 7) is 1.12. The Bertz CT molecular complexity index is 141. The quantitative estimate of drug-likeness (QED) is 0.428. The van der Waals surface area contributed by atoms with Crippen molar-refractivity contribution in [2.45, 2.75) is 13.0 Å². The molecule has 0 aromatic heterocycles. The summed E-state index contributed by atoms with van der Waals surface area (Å²) >= 11 is 0. The molecule has 0 saturated heterocycles. The van der Waals surface area contributed by atoms with Crippen molar-refractivity contribution in [1.82, 2.24) is 0 Å². The van der Waals surface area contributed by atoms with Crippen molar-refractivity contribution in [1.29, 1.82) is 0 Å². The van der Waals surface area contributed by atoms with Crippen LogP contribution in [0.4, 0.5) is 0 Å². The van der Waals surface area contributed by atoms with Crippen molar-refractivity contribution in [3.8, 4) is 0 Å². The summed E-state index contributed by atoms with van der Waals surface area (Å²) < 4.78 is 4.50. The van der Waals surface area contributed by atoms with Crippen LogP contribution >= 0.6 is 0 Å². The van der Waals surface area contributed by atoms with E-state index in [0.29, 0.717) is 0 Å². The van der Waals surface area contributed by atoms with Crippen molar-refractivity contribution < 1.29 is 19.7 Å². The summed E-state index contributed by atoms with van der Waals surface area (Å²) in [5.74, 6) is -0.514. The number of ether oxygens (including phenoxy) is 1. The van der Waals surface area contributed by atoms with Gasteiger partial charge in [0.15, 0.2) is 0 Å². The Morgan fingerprint density at radius 1 is 1.73 bits per heavy atom. The Morgan fingerprint density at radius 3 is 2.82 bits per heavy atom. The zero-order valence-corrected chi connectivity index (χ0v) is 6.36. The van der Waals surface area contributed by atoms with Crippen LogP contribution in [-0.4, -0.2) is 35.5 Å². The molecule has 0 aliphatic rings. The van der Waals surface area contributed by atoms with Crippen LogP contribution in [-0.2, 0) is 9.53 Å². The van der Waals surface area contributed by atoms with Gasteiger partial charge in [-0.1, -0.05) is 6.08 Å².